The van der Waals surface area contributed by atoms with Crippen molar-refractivity contribution in [2.45, 2.75) is 206 Å². The van der Waals surface area contributed by atoms with E-state index in [0.717, 1.165) is 38.5 Å². The van der Waals surface area contributed by atoms with E-state index in [2.05, 4.69) is 31.3 Å². The third kappa shape index (κ3) is 34.0. The summed E-state index contributed by atoms with van der Waals surface area (Å²) in [6, 6.07) is -1.07. The van der Waals surface area contributed by atoms with Crippen molar-refractivity contribution >= 4 is 16.0 Å². The minimum atomic E-state index is -4.34. The second-order valence-corrected chi connectivity index (χ2v) is 14.7. The average Bonchev–Trinajstić information content (AvgIpc) is 3.00. The van der Waals surface area contributed by atoms with Crippen LogP contribution in [0.5, 0.6) is 0 Å². The number of carbonyl (C=O) groups is 1. The highest BCUT2D eigenvalue weighted by molar-refractivity contribution is 7.85. The van der Waals surface area contributed by atoms with Gasteiger partial charge in [0.05, 0.1) is 17.9 Å². The van der Waals surface area contributed by atoms with Crippen LogP contribution in [-0.2, 0) is 14.9 Å². The summed E-state index contributed by atoms with van der Waals surface area (Å²) in [6.07, 6.45) is 40.2. The first-order chi connectivity index (χ1) is 21.8. The van der Waals surface area contributed by atoms with Crippen LogP contribution in [0.3, 0.4) is 0 Å². The zero-order chi connectivity index (χ0) is 33.3. The van der Waals surface area contributed by atoms with Crippen molar-refractivity contribution in [3.63, 3.8) is 0 Å². The van der Waals surface area contributed by atoms with E-state index >= 15 is 0 Å². The highest BCUT2D eigenvalue weighted by atomic mass is 32.2. The van der Waals surface area contributed by atoms with Gasteiger partial charge in [-0.3, -0.25) is 9.35 Å². The maximum absolute atomic E-state index is 12.4. The molecule has 0 saturated carbocycles. The number of hydrogen-bond acceptors (Lipinski definition) is 4. The van der Waals surface area contributed by atoms with Gasteiger partial charge in [0.1, 0.15) is 0 Å². The van der Waals surface area contributed by atoms with Gasteiger partial charge in [-0.05, 0) is 32.1 Å². The van der Waals surface area contributed by atoms with Crippen molar-refractivity contribution in [2.24, 2.45) is 0 Å². The maximum Gasteiger partial charge on any atom is 0.267 e. The predicted octanol–water partition coefficient (Wildman–Crippen LogP) is 10.8. The summed E-state index contributed by atoms with van der Waals surface area (Å²) >= 11 is 0. The van der Waals surface area contributed by atoms with Crippen LogP contribution in [0, 0.1) is 0 Å². The van der Waals surface area contributed by atoms with E-state index in [9.17, 15) is 22.9 Å². The molecule has 1 amide bonds. The molecule has 0 saturated heterocycles. The van der Waals surface area contributed by atoms with Crippen molar-refractivity contribution in [1.82, 2.24) is 5.32 Å². The number of allylic oxidation sites excluding steroid dienone is 3. The van der Waals surface area contributed by atoms with Gasteiger partial charge in [-0.1, -0.05) is 179 Å². The summed E-state index contributed by atoms with van der Waals surface area (Å²) in [5, 5.41) is 13.2. The summed E-state index contributed by atoms with van der Waals surface area (Å²) in [5.74, 6) is -0.995. The Morgan fingerprint density at radius 2 is 0.956 bits per heavy atom. The molecular weight excluding hydrogens is 582 g/mol. The Balaban J connectivity index is 3.99. The standard InChI is InChI=1S/C38H73NO5S/c1-3-5-7-9-11-13-15-17-18-19-20-21-22-23-25-27-29-31-33-37(40)36(35-45(42,43)44)39-38(41)34-32-30-28-26-24-16-14-12-10-8-6-4-2/h23,25,31,33,36-37,40H,3-22,24,26-30,32,34-35H2,1-2H3,(H,39,41)(H,42,43,44)/b25-23+,33-31+. The number of aliphatic hydroxyl groups excluding tert-OH is 1. The minimum Gasteiger partial charge on any atom is -0.387 e. The second-order valence-electron chi connectivity index (χ2n) is 13.2. The lowest BCUT2D eigenvalue weighted by molar-refractivity contribution is -0.122. The zero-order valence-corrected chi connectivity index (χ0v) is 30.3. The molecule has 0 aromatic rings. The Hall–Kier alpha value is -1.18. The minimum absolute atomic E-state index is 0.288. The lowest BCUT2D eigenvalue weighted by Crippen LogP contribution is -2.46. The topological polar surface area (TPSA) is 104 Å². The first kappa shape index (κ1) is 43.8. The molecule has 0 rings (SSSR count). The fraction of sp³-hybridized carbons (Fsp3) is 0.868. The molecule has 3 N–H and O–H groups in total. The number of aliphatic hydroxyl groups is 1. The van der Waals surface area contributed by atoms with Gasteiger partial charge in [-0.15, -0.1) is 0 Å². The Bertz CT molecular complexity index is 811. The Morgan fingerprint density at radius 1 is 0.578 bits per heavy atom. The van der Waals surface area contributed by atoms with E-state index < -0.39 is 28.0 Å². The lowest BCUT2D eigenvalue weighted by Gasteiger charge is -2.21. The van der Waals surface area contributed by atoms with Gasteiger partial charge < -0.3 is 10.4 Å². The number of carbonyl (C=O) groups excluding carboxylic acids is 1. The molecular formula is C38H73NO5S. The van der Waals surface area contributed by atoms with Gasteiger partial charge in [-0.2, -0.15) is 8.42 Å². The van der Waals surface area contributed by atoms with Crippen LogP contribution < -0.4 is 5.32 Å². The van der Waals surface area contributed by atoms with Gasteiger partial charge in [0, 0.05) is 6.42 Å². The first-order valence-electron chi connectivity index (χ1n) is 19.0. The average molecular weight is 656 g/mol. The first-order valence-corrected chi connectivity index (χ1v) is 20.6. The molecule has 0 bridgehead atoms. The van der Waals surface area contributed by atoms with Gasteiger partial charge >= 0.3 is 0 Å². The Kier molecular flexibility index (Phi) is 31.9. The van der Waals surface area contributed by atoms with Crippen LogP contribution in [0.25, 0.3) is 0 Å². The molecule has 2 atom stereocenters. The molecule has 2 unspecified atom stereocenters. The van der Waals surface area contributed by atoms with E-state index in [1.54, 1.807) is 0 Å². The van der Waals surface area contributed by atoms with Gasteiger partial charge in [0.25, 0.3) is 10.1 Å². The van der Waals surface area contributed by atoms with Crippen LogP contribution in [0.1, 0.15) is 194 Å². The molecule has 266 valence electrons. The van der Waals surface area contributed by atoms with Crippen LogP contribution in [-0.4, -0.2) is 41.9 Å². The molecule has 0 aromatic carbocycles. The van der Waals surface area contributed by atoms with Crippen molar-refractivity contribution < 1.29 is 22.9 Å². The SMILES string of the molecule is CCCCCCCCCCCCCC/C=C/CC/C=C/C(O)C(CS(=O)(=O)O)NC(=O)CCCCCCCCCCCCCC. The molecule has 0 fully saturated rings. The van der Waals surface area contributed by atoms with E-state index in [1.165, 1.54) is 141 Å². The van der Waals surface area contributed by atoms with Crippen LogP contribution in [0.2, 0.25) is 0 Å². The van der Waals surface area contributed by atoms with Crippen LogP contribution >= 0.6 is 0 Å². The van der Waals surface area contributed by atoms with Crippen molar-refractivity contribution in [3.05, 3.63) is 24.3 Å². The molecule has 0 aliphatic rings. The summed E-state index contributed by atoms with van der Waals surface area (Å²) < 4.78 is 32.3. The number of nitrogens with one attached hydrogen (secondary N) is 1. The quantitative estimate of drug-likeness (QED) is 0.0363. The molecule has 0 radical (unpaired) electrons. The van der Waals surface area contributed by atoms with Gasteiger partial charge in [0.2, 0.25) is 5.91 Å². The van der Waals surface area contributed by atoms with E-state index in [1.807, 2.05) is 6.08 Å². The summed E-state index contributed by atoms with van der Waals surface area (Å²) in [6.45, 7) is 4.51. The van der Waals surface area contributed by atoms with Gasteiger partial charge in [0.15, 0.2) is 0 Å². The van der Waals surface area contributed by atoms with Crippen molar-refractivity contribution in [3.8, 4) is 0 Å². The summed E-state index contributed by atoms with van der Waals surface area (Å²) in [4.78, 5) is 12.4. The smallest absolute Gasteiger partial charge is 0.267 e. The number of rotatable bonds is 34. The van der Waals surface area contributed by atoms with E-state index in [-0.39, 0.29) is 5.91 Å². The molecule has 0 aliphatic carbocycles. The van der Waals surface area contributed by atoms with Gasteiger partial charge in [-0.25, -0.2) is 0 Å². The fourth-order valence-electron chi connectivity index (χ4n) is 5.76. The number of unbranched alkanes of at least 4 members (excludes halogenated alkanes) is 24. The van der Waals surface area contributed by atoms with E-state index in [0.29, 0.717) is 6.42 Å². The zero-order valence-electron chi connectivity index (χ0n) is 29.5. The Morgan fingerprint density at radius 3 is 1.40 bits per heavy atom. The normalized spacial score (nSPS) is 13.6. The van der Waals surface area contributed by atoms with Crippen LogP contribution in [0.15, 0.2) is 24.3 Å². The monoisotopic (exact) mass is 656 g/mol. The third-order valence-electron chi connectivity index (χ3n) is 8.63. The van der Waals surface area contributed by atoms with Crippen LogP contribution in [0.4, 0.5) is 0 Å². The molecule has 0 aromatic heterocycles. The largest absolute Gasteiger partial charge is 0.387 e. The molecule has 7 heteroatoms. The second kappa shape index (κ2) is 32.7. The summed E-state index contributed by atoms with van der Waals surface area (Å²) in [5.41, 5.74) is 0. The van der Waals surface area contributed by atoms with E-state index in [4.69, 9.17) is 0 Å². The van der Waals surface area contributed by atoms with Crippen molar-refractivity contribution in [1.29, 1.82) is 0 Å². The molecule has 45 heavy (non-hydrogen) atoms. The fourth-order valence-corrected chi connectivity index (χ4v) is 6.49. The Labute approximate surface area is 279 Å². The summed E-state index contributed by atoms with van der Waals surface area (Å²) in [7, 11) is -4.34. The number of hydrogen-bond donors (Lipinski definition) is 3. The molecule has 6 nitrogen and oxygen atoms in total. The molecule has 0 spiro atoms. The predicted molar refractivity (Wildman–Crippen MR) is 193 cm³/mol. The highest BCUT2D eigenvalue weighted by Gasteiger charge is 2.24. The maximum atomic E-state index is 12.4. The molecule has 0 heterocycles. The van der Waals surface area contributed by atoms with Crippen molar-refractivity contribution in [2.75, 3.05) is 5.75 Å². The number of amides is 1. The molecule has 0 aliphatic heterocycles. The third-order valence-corrected chi connectivity index (χ3v) is 9.41. The lowest BCUT2D eigenvalue weighted by atomic mass is 10.0. The highest BCUT2D eigenvalue weighted by Crippen LogP contribution is 2.14.